The number of hydrogen-bond donors (Lipinski definition) is 1. The second-order valence-corrected chi connectivity index (χ2v) is 11.1. The Morgan fingerprint density at radius 3 is 2.29 bits per heavy atom. The van der Waals surface area contributed by atoms with Crippen molar-refractivity contribution in [2.45, 2.75) is 43.4 Å². The van der Waals surface area contributed by atoms with Gasteiger partial charge in [-0.2, -0.15) is 4.31 Å². The Kier molecular flexibility index (Phi) is 8.07. The first-order chi connectivity index (χ1) is 16.9. The fraction of sp³-hybridized carbons (Fsp3) is 0.462. The Morgan fingerprint density at radius 2 is 1.60 bits per heavy atom. The molecule has 0 spiro atoms. The summed E-state index contributed by atoms with van der Waals surface area (Å²) in [4.78, 5) is 28.4. The van der Waals surface area contributed by atoms with Crippen molar-refractivity contribution in [2.75, 3.05) is 38.6 Å². The quantitative estimate of drug-likeness (QED) is 0.653. The summed E-state index contributed by atoms with van der Waals surface area (Å²) in [6, 6.07) is 13.3. The molecule has 0 aliphatic carbocycles. The Hall–Kier alpha value is -2.91. The maximum atomic E-state index is 13.2. The van der Waals surface area contributed by atoms with E-state index in [1.807, 2.05) is 4.90 Å². The molecule has 8 nitrogen and oxygen atoms in total. The summed E-state index contributed by atoms with van der Waals surface area (Å²) >= 11 is 0. The largest absolute Gasteiger partial charge is 0.497 e. The molecule has 2 heterocycles. The van der Waals surface area contributed by atoms with Gasteiger partial charge >= 0.3 is 0 Å². The molecule has 2 amide bonds. The van der Waals surface area contributed by atoms with E-state index in [1.54, 1.807) is 36.4 Å². The first-order valence-corrected chi connectivity index (χ1v) is 13.7. The molecular formula is C26H33N3O5S. The minimum Gasteiger partial charge on any atom is -0.497 e. The molecule has 4 rings (SSSR count). The van der Waals surface area contributed by atoms with E-state index >= 15 is 0 Å². The molecule has 2 aromatic carbocycles. The van der Waals surface area contributed by atoms with Gasteiger partial charge in [-0.1, -0.05) is 25.0 Å². The molecule has 0 aromatic heterocycles. The van der Waals surface area contributed by atoms with E-state index in [0.29, 0.717) is 36.4 Å². The van der Waals surface area contributed by atoms with Gasteiger partial charge in [0.2, 0.25) is 15.9 Å². The number of nitrogens with one attached hydrogen (secondary N) is 1. The van der Waals surface area contributed by atoms with Crippen LogP contribution in [0, 0.1) is 5.92 Å². The zero-order valence-corrected chi connectivity index (χ0v) is 20.9. The predicted molar refractivity (Wildman–Crippen MR) is 134 cm³/mol. The van der Waals surface area contributed by atoms with Crippen LogP contribution >= 0.6 is 0 Å². The van der Waals surface area contributed by atoms with E-state index in [0.717, 1.165) is 38.8 Å². The van der Waals surface area contributed by atoms with E-state index in [-0.39, 0.29) is 23.3 Å². The molecule has 2 aliphatic heterocycles. The van der Waals surface area contributed by atoms with Crippen molar-refractivity contribution in [1.82, 2.24) is 9.21 Å². The summed E-state index contributed by atoms with van der Waals surface area (Å²) in [5, 5.41) is 2.92. The van der Waals surface area contributed by atoms with Crippen LogP contribution in [0.15, 0.2) is 53.4 Å². The van der Waals surface area contributed by atoms with E-state index in [1.165, 1.54) is 23.5 Å². The number of methoxy groups -OCH3 is 1. The van der Waals surface area contributed by atoms with Gasteiger partial charge < -0.3 is 15.0 Å². The Balaban J connectivity index is 1.46. The minimum absolute atomic E-state index is 0.0739. The molecule has 35 heavy (non-hydrogen) atoms. The zero-order chi connectivity index (χ0) is 24.8. The van der Waals surface area contributed by atoms with Crippen molar-refractivity contribution in [2.24, 2.45) is 5.92 Å². The molecule has 1 N–H and O–H groups in total. The molecule has 0 unspecified atom stereocenters. The van der Waals surface area contributed by atoms with Crippen LogP contribution in [0.2, 0.25) is 0 Å². The lowest BCUT2D eigenvalue weighted by Crippen LogP contribution is -2.43. The van der Waals surface area contributed by atoms with Crippen molar-refractivity contribution >= 4 is 27.5 Å². The normalized spacial score (nSPS) is 19.6. The number of anilines is 1. The maximum absolute atomic E-state index is 13.2. The van der Waals surface area contributed by atoms with Crippen molar-refractivity contribution in [3.8, 4) is 5.75 Å². The van der Waals surface area contributed by atoms with Crippen LogP contribution in [-0.4, -0.2) is 62.7 Å². The number of rotatable bonds is 6. The summed E-state index contributed by atoms with van der Waals surface area (Å²) in [5.41, 5.74) is 0.947. The standard InChI is InChI=1S/C26H33N3O5S/c1-34-21-12-14-22(15-13-21)35(32,33)29-18-8-9-20(19-29)25(30)27-24-11-5-4-10-23(24)26(31)28-16-6-2-3-7-17-28/h4-5,10-15,20H,2-3,6-9,16-19H2,1H3,(H,27,30)/t20-/m1/s1. The fourth-order valence-electron chi connectivity index (χ4n) is 4.73. The number of para-hydroxylation sites is 1. The molecule has 2 fully saturated rings. The van der Waals surface area contributed by atoms with Crippen LogP contribution in [-0.2, 0) is 14.8 Å². The number of likely N-dealkylation sites (tertiary alicyclic amines) is 1. The third-order valence-electron chi connectivity index (χ3n) is 6.76. The number of amides is 2. The first-order valence-electron chi connectivity index (χ1n) is 12.2. The Bertz CT molecular complexity index is 1140. The number of benzene rings is 2. The lowest BCUT2D eigenvalue weighted by molar-refractivity contribution is -0.120. The van der Waals surface area contributed by atoms with Crippen LogP contribution in [0.25, 0.3) is 0 Å². The van der Waals surface area contributed by atoms with Gasteiger partial charge in [0.25, 0.3) is 5.91 Å². The summed E-state index contributed by atoms with van der Waals surface area (Å²) in [5.74, 6) is -0.266. The molecule has 0 radical (unpaired) electrons. The highest BCUT2D eigenvalue weighted by Gasteiger charge is 2.34. The van der Waals surface area contributed by atoms with Gasteiger partial charge in [-0.05, 0) is 62.1 Å². The lowest BCUT2D eigenvalue weighted by Gasteiger charge is -2.31. The van der Waals surface area contributed by atoms with Gasteiger partial charge in [-0.25, -0.2) is 8.42 Å². The van der Waals surface area contributed by atoms with Gasteiger partial charge in [0.1, 0.15) is 5.75 Å². The summed E-state index contributed by atoms with van der Waals surface area (Å²) in [6.07, 6.45) is 5.39. The minimum atomic E-state index is -3.73. The number of sulfonamides is 1. The summed E-state index contributed by atoms with van der Waals surface area (Å²) < 4.78 is 32.8. The Morgan fingerprint density at radius 1 is 0.914 bits per heavy atom. The van der Waals surface area contributed by atoms with Crippen molar-refractivity contribution < 1.29 is 22.7 Å². The van der Waals surface area contributed by atoms with Crippen LogP contribution in [0.1, 0.15) is 48.9 Å². The smallest absolute Gasteiger partial charge is 0.255 e. The maximum Gasteiger partial charge on any atom is 0.255 e. The average Bonchev–Trinajstić information content (AvgIpc) is 3.18. The third-order valence-corrected chi connectivity index (χ3v) is 8.64. The highest BCUT2D eigenvalue weighted by Crippen LogP contribution is 2.27. The second kappa shape index (κ2) is 11.2. The van der Waals surface area contributed by atoms with Crippen LogP contribution in [0.5, 0.6) is 5.75 Å². The average molecular weight is 500 g/mol. The number of hydrogen-bond acceptors (Lipinski definition) is 5. The Labute approximate surface area is 207 Å². The molecule has 2 aromatic rings. The van der Waals surface area contributed by atoms with Crippen LogP contribution in [0.3, 0.4) is 0 Å². The number of piperidine rings is 1. The molecule has 1 atom stereocenters. The van der Waals surface area contributed by atoms with Gasteiger partial charge in [0.05, 0.1) is 29.2 Å². The molecular weight excluding hydrogens is 466 g/mol. The van der Waals surface area contributed by atoms with E-state index < -0.39 is 15.9 Å². The third kappa shape index (κ3) is 5.85. The highest BCUT2D eigenvalue weighted by atomic mass is 32.2. The van der Waals surface area contributed by atoms with Crippen LogP contribution < -0.4 is 10.1 Å². The predicted octanol–water partition coefficient (Wildman–Crippen LogP) is 3.75. The molecule has 2 saturated heterocycles. The van der Waals surface area contributed by atoms with Gasteiger partial charge in [-0.3, -0.25) is 9.59 Å². The van der Waals surface area contributed by atoms with Gasteiger partial charge in [0.15, 0.2) is 0 Å². The lowest BCUT2D eigenvalue weighted by atomic mass is 9.98. The molecule has 9 heteroatoms. The SMILES string of the molecule is COc1ccc(S(=O)(=O)N2CCC[C@@H](C(=O)Nc3ccccc3C(=O)N3CCCCCC3)C2)cc1. The van der Waals surface area contributed by atoms with E-state index in [9.17, 15) is 18.0 Å². The molecule has 188 valence electrons. The first kappa shape index (κ1) is 25.2. The van der Waals surface area contributed by atoms with Gasteiger partial charge in [0, 0.05) is 26.2 Å². The van der Waals surface area contributed by atoms with Crippen molar-refractivity contribution in [3.63, 3.8) is 0 Å². The van der Waals surface area contributed by atoms with Crippen molar-refractivity contribution in [3.05, 3.63) is 54.1 Å². The molecule has 0 saturated carbocycles. The number of carbonyl (C=O) groups is 2. The second-order valence-electron chi connectivity index (χ2n) is 9.12. The monoisotopic (exact) mass is 499 g/mol. The summed E-state index contributed by atoms with van der Waals surface area (Å²) in [6.45, 7) is 1.91. The summed E-state index contributed by atoms with van der Waals surface area (Å²) in [7, 11) is -2.20. The van der Waals surface area contributed by atoms with Gasteiger partial charge in [-0.15, -0.1) is 0 Å². The van der Waals surface area contributed by atoms with E-state index in [4.69, 9.17) is 4.74 Å². The number of nitrogens with zero attached hydrogens (tertiary/aromatic N) is 2. The number of carbonyl (C=O) groups excluding carboxylic acids is 2. The van der Waals surface area contributed by atoms with Crippen LogP contribution in [0.4, 0.5) is 5.69 Å². The molecule has 2 aliphatic rings. The topological polar surface area (TPSA) is 96.0 Å². The number of ether oxygens (including phenoxy) is 1. The zero-order valence-electron chi connectivity index (χ0n) is 20.1. The van der Waals surface area contributed by atoms with Crippen molar-refractivity contribution in [1.29, 1.82) is 0 Å². The van der Waals surface area contributed by atoms with E-state index in [2.05, 4.69) is 5.32 Å². The fourth-order valence-corrected chi connectivity index (χ4v) is 6.25. The molecule has 0 bridgehead atoms. The highest BCUT2D eigenvalue weighted by molar-refractivity contribution is 7.89.